The smallest absolute Gasteiger partial charge is 0.323 e. The number of urea groups is 2. The first kappa shape index (κ1) is 30.4. The molecule has 0 spiro atoms. The molecule has 0 aliphatic carbocycles. The highest BCUT2D eigenvalue weighted by atomic mass is 35.5. The van der Waals surface area contributed by atoms with Gasteiger partial charge in [-0.2, -0.15) is 0 Å². The Bertz CT molecular complexity index is 1300. The van der Waals surface area contributed by atoms with E-state index in [2.05, 4.69) is 29.6 Å². The van der Waals surface area contributed by atoms with Gasteiger partial charge in [0.25, 0.3) is 0 Å². The third-order valence-corrected chi connectivity index (χ3v) is 10.1. The molecule has 1 aromatic heterocycles. The minimum absolute atomic E-state index is 0.0573. The molecular weight excluding hydrogens is 574 g/mol. The van der Waals surface area contributed by atoms with E-state index < -0.39 is 6.04 Å². The SMILES string of the molecule is CCc1cc(C[C@@H](NC(=O)N2CCC(N3Cc4ccsc4NC3=O)CC2)C(=O)N2CCC(N(C)C)CC2)cc(Cl)c1N. The van der Waals surface area contributed by atoms with Gasteiger partial charge in [-0.3, -0.25) is 10.1 Å². The Labute approximate surface area is 257 Å². The van der Waals surface area contributed by atoms with Crippen LogP contribution >= 0.6 is 22.9 Å². The number of anilines is 2. The van der Waals surface area contributed by atoms with Gasteiger partial charge in [-0.15, -0.1) is 11.3 Å². The summed E-state index contributed by atoms with van der Waals surface area (Å²) in [4.78, 5) is 47.9. The number of halogens is 1. The molecule has 2 aromatic rings. The fourth-order valence-electron chi connectivity index (χ4n) is 6.32. The van der Waals surface area contributed by atoms with Crippen molar-refractivity contribution in [2.75, 3.05) is 51.3 Å². The van der Waals surface area contributed by atoms with Crippen molar-refractivity contribution < 1.29 is 14.4 Å². The maximum Gasteiger partial charge on any atom is 0.323 e. The number of fused-ring (bicyclic) bond motifs is 1. The second-order valence-electron chi connectivity index (χ2n) is 11.8. The van der Waals surface area contributed by atoms with Gasteiger partial charge >= 0.3 is 12.1 Å². The summed E-state index contributed by atoms with van der Waals surface area (Å²) in [7, 11) is 4.14. The second kappa shape index (κ2) is 13.1. The molecule has 0 saturated carbocycles. The van der Waals surface area contributed by atoms with E-state index in [1.165, 1.54) is 11.3 Å². The number of thiophene rings is 1. The van der Waals surface area contributed by atoms with Crippen molar-refractivity contribution in [2.24, 2.45) is 0 Å². The summed E-state index contributed by atoms with van der Waals surface area (Å²) in [5.41, 5.74) is 9.65. The molecule has 2 fully saturated rings. The highest BCUT2D eigenvalue weighted by Gasteiger charge is 2.35. The minimum atomic E-state index is -0.722. The summed E-state index contributed by atoms with van der Waals surface area (Å²) in [6.45, 7) is 4.95. The first-order valence-electron chi connectivity index (χ1n) is 14.9. The van der Waals surface area contributed by atoms with E-state index in [0.29, 0.717) is 68.7 Å². The molecule has 10 nitrogen and oxygen atoms in total. The predicted octanol–water partition coefficient (Wildman–Crippen LogP) is 4.23. The van der Waals surface area contributed by atoms with Gasteiger partial charge in [0.05, 0.1) is 17.3 Å². The molecule has 4 heterocycles. The molecule has 1 aromatic carbocycles. The Balaban J connectivity index is 1.25. The van der Waals surface area contributed by atoms with Gasteiger partial charge in [-0.05, 0) is 74.8 Å². The summed E-state index contributed by atoms with van der Waals surface area (Å²) in [6.07, 6.45) is 4.22. The number of likely N-dealkylation sites (tertiary alicyclic amines) is 2. The number of rotatable bonds is 7. The summed E-state index contributed by atoms with van der Waals surface area (Å²) >= 11 is 7.98. The van der Waals surface area contributed by atoms with Crippen molar-refractivity contribution in [3.63, 3.8) is 0 Å². The van der Waals surface area contributed by atoms with Crippen molar-refractivity contribution in [1.82, 2.24) is 24.9 Å². The van der Waals surface area contributed by atoms with Crippen LogP contribution in [0, 0.1) is 0 Å². The number of benzene rings is 1. The number of nitrogens with zero attached hydrogens (tertiary/aromatic N) is 4. The lowest BCUT2D eigenvalue weighted by Gasteiger charge is -2.40. The minimum Gasteiger partial charge on any atom is -0.397 e. The standard InChI is InChI=1S/C30H42ClN7O3S/c1-4-20-15-19(16-24(31)26(20)32)17-25(28(39)36-10-5-22(6-11-36)35(2)3)33-29(40)37-12-7-23(8-13-37)38-18-21-9-14-42-27(21)34-30(38)41/h9,14-16,22-23,25H,4-8,10-13,17-18,32H2,1-3H3,(H,33,40)(H,34,41)/t25-/m1/s1. The molecule has 4 N–H and O–H groups in total. The topological polar surface area (TPSA) is 114 Å². The number of hydrogen-bond donors (Lipinski definition) is 3. The number of hydrogen-bond acceptors (Lipinski definition) is 6. The van der Waals surface area contributed by atoms with Crippen molar-refractivity contribution in [3.8, 4) is 0 Å². The number of amides is 5. The van der Waals surface area contributed by atoms with Gasteiger partial charge in [0.2, 0.25) is 5.91 Å². The molecule has 42 heavy (non-hydrogen) atoms. The molecule has 0 radical (unpaired) electrons. The molecule has 5 amide bonds. The molecule has 0 unspecified atom stereocenters. The molecule has 12 heteroatoms. The van der Waals surface area contributed by atoms with E-state index in [1.54, 1.807) is 11.0 Å². The van der Waals surface area contributed by atoms with Crippen LogP contribution in [-0.2, 0) is 24.2 Å². The third kappa shape index (κ3) is 6.63. The van der Waals surface area contributed by atoms with Crippen molar-refractivity contribution in [3.05, 3.63) is 45.3 Å². The Hall–Kier alpha value is -3.02. The second-order valence-corrected chi connectivity index (χ2v) is 13.1. The van der Waals surface area contributed by atoms with Crippen LogP contribution in [0.3, 0.4) is 0 Å². The molecule has 2 saturated heterocycles. The zero-order valence-corrected chi connectivity index (χ0v) is 26.3. The van der Waals surface area contributed by atoms with Crippen LogP contribution in [0.2, 0.25) is 5.02 Å². The van der Waals surface area contributed by atoms with Crippen LogP contribution in [0.25, 0.3) is 0 Å². The zero-order chi connectivity index (χ0) is 30.0. The molecule has 3 aliphatic heterocycles. The van der Waals surface area contributed by atoms with Gasteiger partial charge < -0.3 is 30.7 Å². The maximum atomic E-state index is 13.8. The van der Waals surface area contributed by atoms with Crippen molar-refractivity contribution in [1.29, 1.82) is 0 Å². The zero-order valence-electron chi connectivity index (χ0n) is 24.7. The molecule has 1 atom stereocenters. The highest BCUT2D eigenvalue weighted by Crippen LogP contribution is 2.32. The Morgan fingerprint density at radius 3 is 2.50 bits per heavy atom. The van der Waals surface area contributed by atoms with E-state index in [0.717, 1.165) is 41.0 Å². The normalized spacial score (nSPS) is 19.1. The lowest BCUT2D eigenvalue weighted by molar-refractivity contribution is -0.134. The van der Waals surface area contributed by atoms with Crippen LogP contribution < -0.4 is 16.4 Å². The van der Waals surface area contributed by atoms with E-state index in [1.807, 2.05) is 34.2 Å². The summed E-state index contributed by atoms with van der Waals surface area (Å²) < 4.78 is 0. The van der Waals surface area contributed by atoms with Gasteiger partial charge in [0.15, 0.2) is 0 Å². The van der Waals surface area contributed by atoms with Crippen LogP contribution in [0.15, 0.2) is 23.6 Å². The number of aryl methyl sites for hydroxylation is 1. The molecule has 0 bridgehead atoms. The van der Waals surface area contributed by atoms with Crippen molar-refractivity contribution in [2.45, 2.75) is 70.1 Å². The maximum absolute atomic E-state index is 13.8. The quantitative estimate of drug-likeness (QED) is 0.404. The average Bonchev–Trinajstić information content (AvgIpc) is 3.45. The molecule has 5 rings (SSSR count). The predicted molar refractivity (Wildman–Crippen MR) is 168 cm³/mol. The molecular formula is C30H42ClN7O3S. The number of nitrogen functional groups attached to an aromatic ring is 1. The van der Waals surface area contributed by atoms with Crippen LogP contribution in [-0.4, -0.2) is 96.0 Å². The average molecular weight is 616 g/mol. The van der Waals surface area contributed by atoms with E-state index in [-0.39, 0.29) is 24.0 Å². The summed E-state index contributed by atoms with van der Waals surface area (Å²) in [5, 5.41) is 9.43. The van der Waals surface area contributed by atoms with E-state index in [4.69, 9.17) is 17.3 Å². The Kier molecular flexibility index (Phi) is 9.49. The first-order valence-corrected chi connectivity index (χ1v) is 16.1. The van der Waals surface area contributed by atoms with Crippen LogP contribution in [0.4, 0.5) is 20.3 Å². The summed E-state index contributed by atoms with van der Waals surface area (Å²) in [5.74, 6) is -0.0713. The van der Waals surface area contributed by atoms with E-state index >= 15 is 0 Å². The number of nitrogens with one attached hydrogen (secondary N) is 2. The number of carbonyl (C=O) groups excluding carboxylic acids is 3. The number of carbonyl (C=O) groups is 3. The van der Waals surface area contributed by atoms with Crippen molar-refractivity contribution >= 4 is 51.6 Å². The van der Waals surface area contributed by atoms with Gasteiger partial charge in [0, 0.05) is 50.2 Å². The molecule has 3 aliphatic rings. The Morgan fingerprint density at radius 1 is 1.14 bits per heavy atom. The lowest BCUT2D eigenvalue weighted by atomic mass is 9.98. The van der Waals surface area contributed by atoms with Crippen LogP contribution in [0.1, 0.15) is 49.3 Å². The highest BCUT2D eigenvalue weighted by molar-refractivity contribution is 7.14. The lowest BCUT2D eigenvalue weighted by Crippen LogP contribution is -2.57. The molecule has 228 valence electrons. The number of piperidine rings is 2. The number of nitrogens with two attached hydrogens (primary N) is 1. The van der Waals surface area contributed by atoms with E-state index in [9.17, 15) is 14.4 Å². The fraction of sp³-hybridized carbons (Fsp3) is 0.567. The Morgan fingerprint density at radius 2 is 1.83 bits per heavy atom. The van der Waals surface area contributed by atoms with Gasteiger partial charge in [0.1, 0.15) is 11.0 Å². The largest absolute Gasteiger partial charge is 0.397 e. The summed E-state index contributed by atoms with van der Waals surface area (Å²) in [6, 6.07) is 5.28. The monoisotopic (exact) mass is 615 g/mol. The van der Waals surface area contributed by atoms with Crippen LogP contribution in [0.5, 0.6) is 0 Å². The fourth-order valence-corrected chi connectivity index (χ4v) is 7.38. The third-order valence-electron chi connectivity index (χ3n) is 8.96. The first-order chi connectivity index (χ1) is 20.1. The van der Waals surface area contributed by atoms with Gasteiger partial charge in [-0.1, -0.05) is 24.6 Å². The van der Waals surface area contributed by atoms with Gasteiger partial charge in [-0.25, -0.2) is 9.59 Å².